The van der Waals surface area contributed by atoms with E-state index < -0.39 is 0 Å². The summed E-state index contributed by atoms with van der Waals surface area (Å²) < 4.78 is 10.5. The fraction of sp³-hybridized carbons (Fsp3) is 0.312. The van der Waals surface area contributed by atoms with Gasteiger partial charge in [0, 0.05) is 12.6 Å². The second-order valence-electron chi connectivity index (χ2n) is 4.75. The number of anilines is 2. The third-order valence-corrected chi connectivity index (χ3v) is 3.10. The van der Waals surface area contributed by atoms with Crippen molar-refractivity contribution in [3.05, 3.63) is 36.0 Å². The van der Waals surface area contributed by atoms with Crippen LogP contribution in [-0.2, 0) is 0 Å². The molecule has 0 fully saturated rings. The van der Waals surface area contributed by atoms with Gasteiger partial charge in [0.15, 0.2) is 11.5 Å². The molecular formula is C16H20N4O3. The van der Waals surface area contributed by atoms with Crippen LogP contribution in [-0.4, -0.2) is 36.9 Å². The summed E-state index contributed by atoms with van der Waals surface area (Å²) in [6, 6.07) is 8.71. The van der Waals surface area contributed by atoms with Crippen molar-refractivity contribution in [2.45, 2.75) is 13.3 Å². The fourth-order valence-corrected chi connectivity index (χ4v) is 1.89. The van der Waals surface area contributed by atoms with E-state index in [1.807, 2.05) is 19.1 Å². The molecule has 0 spiro atoms. The van der Waals surface area contributed by atoms with Gasteiger partial charge < -0.3 is 20.1 Å². The van der Waals surface area contributed by atoms with E-state index in [4.69, 9.17) is 9.47 Å². The molecule has 0 bridgehead atoms. The highest BCUT2D eigenvalue weighted by Gasteiger charge is 2.09. The van der Waals surface area contributed by atoms with Gasteiger partial charge in [-0.05, 0) is 30.7 Å². The van der Waals surface area contributed by atoms with Gasteiger partial charge in [-0.15, -0.1) is 10.2 Å². The first-order valence-corrected chi connectivity index (χ1v) is 7.29. The van der Waals surface area contributed by atoms with Crippen LogP contribution >= 0.6 is 0 Å². The average Bonchev–Trinajstić information content (AvgIpc) is 2.60. The molecule has 2 N–H and O–H groups in total. The molecule has 1 heterocycles. The molecule has 0 saturated heterocycles. The molecular weight excluding hydrogens is 296 g/mol. The monoisotopic (exact) mass is 316 g/mol. The first-order valence-electron chi connectivity index (χ1n) is 7.29. The highest BCUT2D eigenvalue weighted by Crippen LogP contribution is 2.30. The van der Waals surface area contributed by atoms with Crippen molar-refractivity contribution >= 4 is 17.4 Å². The number of hydrogen-bond donors (Lipinski definition) is 2. The summed E-state index contributed by atoms with van der Waals surface area (Å²) >= 11 is 0. The van der Waals surface area contributed by atoms with E-state index in [0.29, 0.717) is 23.9 Å². The lowest BCUT2D eigenvalue weighted by molar-refractivity contribution is 0.0947. The Kier molecular flexibility index (Phi) is 5.74. The average molecular weight is 316 g/mol. The lowest BCUT2D eigenvalue weighted by atomic mass is 10.2. The van der Waals surface area contributed by atoms with Crippen molar-refractivity contribution in [2.24, 2.45) is 0 Å². The number of amides is 1. The van der Waals surface area contributed by atoms with E-state index in [1.54, 1.807) is 32.4 Å². The number of nitrogens with zero attached hydrogens (tertiary/aromatic N) is 2. The number of rotatable bonds is 7. The topological polar surface area (TPSA) is 85.4 Å². The first kappa shape index (κ1) is 16.5. The molecule has 0 atom stereocenters. The lowest BCUT2D eigenvalue weighted by Crippen LogP contribution is -2.25. The molecule has 23 heavy (non-hydrogen) atoms. The molecule has 2 rings (SSSR count). The Morgan fingerprint density at radius 2 is 1.96 bits per heavy atom. The molecule has 122 valence electrons. The van der Waals surface area contributed by atoms with Gasteiger partial charge in [0.05, 0.1) is 19.9 Å². The van der Waals surface area contributed by atoms with Crippen LogP contribution in [0.5, 0.6) is 11.5 Å². The van der Waals surface area contributed by atoms with Crippen molar-refractivity contribution in [1.82, 2.24) is 15.5 Å². The molecule has 1 aromatic heterocycles. The normalized spacial score (nSPS) is 10.0. The van der Waals surface area contributed by atoms with Gasteiger partial charge in [0.1, 0.15) is 11.5 Å². The van der Waals surface area contributed by atoms with E-state index in [0.717, 1.165) is 12.1 Å². The zero-order valence-corrected chi connectivity index (χ0v) is 13.4. The number of carbonyl (C=O) groups is 1. The van der Waals surface area contributed by atoms with E-state index in [1.165, 1.54) is 0 Å². The molecule has 0 saturated carbocycles. The van der Waals surface area contributed by atoms with Gasteiger partial charge >= 0.3 is 0 Å². The van der Waals surface area contributed by atoms with E-state index >= 15 is 0 Å². The smallest absolute Gasteiger partial charge is 0.271 e. The molecule has 2 aromatic rings. The van der Waals surface area contributed by atoms with Gasteiger partial charge in [-0.25, -0.2) is 0 Å². The van der Waals surface area contributed by atoms with Crippen LogP contribution < -0.4 is 20.1 Å². The summed E-state index contributed by atoms with van der Waals surface area (Å²) in [4.78, 5) is 11.8. The maximum atomic E-state index is 11.8. The van der Waals surface area contributed by atoms with E-state index in [2.05, 4.69) is 20.8 Å². The molecule has 0 aliphatic rings. The van der Waals surface area contributed by atoms with Gasteiger partial charge in [-0.2, -0.15) is 0 Å². The second kappa shape index (κ2) is 7.98. The number of methoxy groups -OCH3 is 2. The minimum absolute atomic E-state index is 0.229. The third kappa shape index (κ3) is 4.32. The standard InChI is InChI=1S/C16H20N4O3/c1-4-9-17-16(21)13-7-8-15(20-19-13)18-12-6-5-11(22-2)10-14(12)23-3/h5-8,10H,4,9H2,1-3H3,(H,17,21)(H,18,20). The Bertz CT molecular complexity index is 659. The molecule has 0 radical (unpaired) electrons. The molecule has 1 aromatic carbocycles. The van der Waals surface area contributed by atoms with Gasteiger partial charge in [0.25, 0.3) is 5.91 Å². The minimum atomic E-state index is -0.229. The molecule has 0 unspecified atom stereocenters. The largest absolute Gasteiger partial charge is 0.497 e. The van der Waals surface area contributed by atoms with Crippen molar-refractivity contribution in [1.29, 1.82) is 0 Å². The Labute approximate surface area is 135 Å². The highest BCUT2D eigenvalue weighted by molar-refractivity contribution is 5.92. The van der Waals surface area contributed by atoms with Crippen molar-refractivity contribution in [2.75, 3.05) is 26.1 Å². The summed E-state index contributed by atoms with van der Waals surface area (Å²) in [5.41, 5.74) is 1.01. The van der Waals surface area contributed by atoms with Crippen LogP contribution in [0.2, 0.25) is 0 Å². The number of carbonyl (C=O) groups excluding carboxylic acids is 1. The number of aromatic nitrogens is 2. The van der Waals surface area contributed by atoms with E-state index in [9.17, 15) is 4.79 Å². The minimum Gasteiger partial charge on any atom is -0.497 e. The molecule has 1 amide bonds. The zero-order chi connectivity index (χ0) is 16.7. The summed E-state index contributed by atoms with van der Waals surface area (Å²) in [6.45, 7) is 2.60. The Balaban J connectivity index is 2.10. The van der Waals surface area contributed by atoms with Crippen LogP contribution in [0.3, 0.4) is 0 Å². The van der Waals surface area contributed by atoms with Crippen LogP contribution in [0.1, 0.15) is 23.8 Å². The highest BCUT2D eigenvalue weighted by atomic mass is 16.5. The van der Waals surface area contributed by atoms with Crippen LogP contribution in [0.4, 0.5) is 11.5 Å². The van der Waals surface area contributed by atoms with Crippen molar-refractivity contribution < 1.29 is 14.3 Å². The summed E-state index contributed by atoms with van der Waals surface area (Å²) in [5.74, 6) is 1.60. The van der Waals surface area contributed by atoms with E-state index in [-0.39, 0.29) is 11.6 Å². The maximum Gasteiger partial charge on any atom is 0.271 e. The van der Waals surface area contributed by atoms with Gasteiger partial charge in [0.2, 0.25) is 0 Å². The SMILES string of the molecule is CCCNC(=O)c1ccc(Nc2ccc(OC)cc2OC)nn1. The predicted molar refractivity (Wildman–Crippen MR) is 87.5 cm³/mol. The van der Waals surface area contributed by atoms with Gasteiger partial charge in [-0.1, -0.05) is 6.92 Å². The third-order valence-electron chi connectivity index (χ3n) is 3.10. The van der Waals surface area contributed by atoms with Gasteiger partial charge in [-0.3, -0.25) is 4.79 Å². The molecule has 0 aliphatic carbocycles. The lowest BCUT2D eigenvalue weighted by Gasteiger charge is -2.11. The Morgan fingerprint density at radius 1 is 1.13 bits per heavy atom. The second-order valence-corrected chi connectivity index (χ2v) is 4.75. The number of nitrogens with one attached hydrogen (secondary N) is 2. The summed E-state index contributed by atoms with van der Waals surface area (Å²) in [7, 11) is 3.17. The summed E-state index contributed by atoms with van der Waals surface area (Å²) in [5, 5.41) is 13.8. The number of benzene rings is 1. The Hall–Kier alpha value is -2.83. The summed E-state index contributed by atoms with van der Waals surface area (Å²) in [6.07, 6.45) is 0.871. The van der Waals surface area contributed by atoms with Crippen LogP contribution in [0.25, 0.3) is 0 Å². The fourth-order valence-electron chi connectivity index (χ4n) is 1.89. The quantitative estimate of drug-likeness (QED) is 0.816. The van der Waals surface area contributed by atoms with Crippen LogP contribution in [0.15, 0.2) is 30.3 Å². The van der Waals surface area contributed by atoms with Crippen molar-refractivity contribution in [3.8, 4) is 11.5 Å². The predicted octanol–water partition coefficient (Wildman–Crippen LogP) is 2.38. The van der Waals surface area contributed by atoms with Crippen molar-refractivity contribution in [3.63, 3.8) is 0 Å². The first-order chi connectivity index (χ1) is 11.2. The number of hydrogen-bond acceptors (Lipinski definition) is 6. The van der Waals surface area contributed by atoms with Crippen LogP contribution in [0, 0.1) is 0 Å². The Morgan fingerprint density at radius 3 is 2.57 bits per heavy atom. The number of ether oxygens (including phenoxy) is 2. The molecule has 7 nitrogen and oxygen atoms in total. The maximum absolute atomic E-state index is 11.8. The molecule has 0 aliphatic heterocycles. The molecule has 7 heteroatoms. The zero-order valence-electron chi connectivity index (χ0n) is 13.4.